The van der Waals surface area contributed by atoms with Crippen LogP contribution in [0.15, 0.2) is 24.4 Å². The van der Waals surface area contributed by atoms with Crippen molar-refractivity contribution in [2.45, 2.75) is 19.4 Å². The van der Waals surface area contributed by atoms with Crippen molar-refractivity contribution >= 4 is 5.82 Å². The van der Waals surface area contributed by atoms with Gasteiger partial charge in [0.05, 0.1) is 6.10 Å². The molecule has 72 valence electrons. The summed E-state index contributed by atoms with van der Waals surface area (Å²) in [6.07, 6.45) is 2.30. The summed E-state index contributed by atoms with van der Waals surface area (Å²) in [5.74, 6) is 0.947. The van der Waals surface area contributed by atoms with Gasteiger partial charge in [-0.2, -0.15) is 0 Å². The van der Waals surface area contributed by atoms with Crippen LogP contribution in [0.5, 0.6) is 0 Å². The molecule has 13 heavy (non-hydrogen) atoms. The van der Waals surface area contributed by atoms with Crippen LogP contribution in [0.4, 0.5) is 5.82 Å². The first-order chi connectivity index (χ1) is 6.20. The van der Waals surface area contributed by atoms with Crippen LogP contribution >= 0.6 is 0 Å². The first kappa shape index (κ1) is 9.99. The summed E-state index contributed by atoms with van der Waals surface area (Å²) < 4.78 is 0. The number of aromatic nitrogens is 1. The Morgan fingerprint density at radius 2 is 2.31 bits per heavy atom. The first-order valence-electron chi connectivity index (χ1n) is 4.50. The molecule has 1 heterocycles. The summed E-state index contributed by atoms with van der Waals surface area (Å²) in [4.78, 5) is 6.24. The Hall–Kier alpha value is -1.09. The van der Waals surface area contributed by atoms with Crippen molar-refractivity contribution < 1.29 is 5.11 Å². The second kappa shape index (κ2) is 4.82. The maximum absolute atomic E-state index is 9.10. The Kier molecular flexibility index (Phi) is 3.71. The van der Waals surface area contributed by atoms with Crippen LogP contribution in [0.2, 0.25) is 0 Å². The lowest BCUT2D eigenvalue weighted by atomic mass is 10.3. The fourth-order valence-electron chi connectivity index (χ4n) is 1.07. The van der Waals surface area contributed by atoms with Crippen LogP contribution in [0.25, 0.3) is 0 Å². The van der Waals surface area contributed by atoms with Crippen molar-refractivity contribution in [1.82, 2.24) is 4.98 Å². The van der Waals surface area contributed by atoms with Crippen LogP contribution in [0, 0.1) is 0 Å². The molecule has 1 unspecified atom stereocenters. The summed E-state index contributed by atoms with van der Waals surface area (Å²) in [7, 11) is 1.98. The van der Waals surface area contributed by atoms with E-state index in [9.17, 15) is 0 Å². The summed E-state index contributed by atoms with van der Waals surface area (Å²) in [5, 5.41) is 9.10. The third kappa shape index (κ3) is 3.42. The fraction of sp³-hybridized carbons (Fsp3) is 0.500. The number of nitrogens with zero attached hydrogens (tertiary/aromatic N) is 2. The molecule has 0 aromatic carbocycles. The van der Waals surface area contributed by atoms with Gasteiger partial charge in [-0.15, -0.1) is 0 Å². The molecule has 1 aromatic rings. The molecule has 0 spiro atoms. The lowest BCUT2D eigenvalue weighted by Gasteiger charge is -2.18. The predicted octanol–water partition coefficient (Wildman–Crippen LogP) is 1.29. The Labute approximate surface area is 79.0 Å². The zero-order valence-electron chi connectivity index (χ0n) is 8.14. The summed E-state index contributed by atoms with van der Waals surface area (Å²) >= 11 is 0. The smallest absolute Gasteiger partial charge is 0.128 e. The molecule has 0 aliphatic heterocycles. The van der Waals surface area contributed by atoms with Gasteiger partial charge in [0.2, 0.25) is 0 Å². The molecule has 3 nitrogen and oxygen atoms in total. The summed E-state index contributed by atoms with van der Waals surface area (Å²) in [6, 6.07) is 5.81. The van der Waals surface area contributed by atoms with E-state index in [1.807, 2.05) is 30.1 Å². The van der Waals surface area contributed by atoms with E-state index in [1.165, 1.54) is 0 Å². The van der Waals surface area contributed by atoms with Gasteiger partial charge in [0.1, 0.15) is 5.82 Å². The minimum atomic E-state index is -0.244. The van der Waals surface area contributed by atoms with Gasteiger partial charge in [0.25, 0.3) is 0 Å². The molecule has 0 aliphatic carbocycles. The number of hydrogen-bond acceptors (Lipinski definition) is 3. The fourth-order valence-corrected chi connectivity index (χ4v) is 1.07. The molecule has 0 saturated carbocycles. The van der Waals surface area contributed by atoms with Crippen LogP contribution in [0.1, 0.15) is 13.3 Å². The predicted molar refractivity (Wildman–Crippen MR) is 53.8 cm³/mol. The maximum atomic E-state index is 9.10. The molecule has 1 atom stereocenters. The van der Waals surface area contributed by atoms with Crippen molar-refractivity contribution in [3.8, 4) is 0 Å². The Balaban J connectivity index is 2.44. The van der Waals surface area contributed by atoms with Gasteiger partial charge in [-0.3, -0.25) is 0 Å². The lowest BCUT2D eigenvalue weighted by molar-refractivity contribution is 0.187. The Morgan fingerprint density at radius 3 is 2.85 bits per heavy atom. The first-order valence-corrected chi connectivity index (χ1v) is 4.50. The molecular weight excluding hydrogens is 164 g/mol. The summed E-state index contributed by atoms with van der Waals surface area (Å²) in [6.45, 7) is 2.63. The zero-order chi connectivity index (χ0) is 9.68. The highest BCUT2D eigenvalue weighted by Crippen LogP contribution is 2.07. The standard InChI is InChI=1S/C10H16N2O/c1-9(13)6-8-12(2)10-5-3-4-7-11-10/h3-5,7,9,13H,6,8H2,1-2H3. The van der Waals surface area contributed by atoms with E-state index in [-0.39, 0.29) is 6.10 Å². The van der Waals surface area contributed by atoms with Crippen molar-refractivity contribution in [2.75, 3.05) is 18.5 Å². The van der Waals surface area contributed by atoms with Gasteiger partial charge >= 0.3 is 0 Å². The number of hydrogen-bond donors (Lipinski definition) is 1. The molecule has 0 bridgehead atoms. The molecule has 0 saturated heterocycles. The van der Waals surface area contributed by atoms with Crippen molar-refractivity contribution in [1.29, 1.82) is 0 Å². The monoisotopic (exact) mass is 180 g/mol. The lowest BCUT2D eigenvalue weighted by Crippen LogP contribution is -2.22. The number of rotatable bonds is 4. The van der Waals surface area contributed by atoms with Crippen LogP contribution in [-0.4, -0.2) is 29.8 Å². The van der Waals surface area contributed by atoms with Crippen molar-refractivity contribution in [2.24, 2.45) is 0 Å². The largest absolute Gasteiger partial charge is 0.393 e. The van der Waals surface area contributed by atoms with Gasteiger partial charge in [-0.05, 0) is 25.5 Å². The second-order valence-corrected chi connectivity index (χ2v) is 3.25. The topological polar surface area (TPSA) is 36.4 Å². The Bertz CT molecular complexity index is 236. The van der Waals surface area contributed by atoms with Gasteiger partial charge < -0.3 is 10.0 Å². The van der Waals surface area contributed by atoms with Crippen molar-refractivity contribution in [3.63, 3.8) is 0 Å². The third-order valence-corrected chi connectivity index (χ3v) is 1.92. The van der Waals surface area contributed by atoms with Gasteiger partial charge in [0, 0.05) is 19.8 Å². The molecule has 1 rings (SSSR count). The third-order valence-electron chi connectivity index (χ3n) is 1.92. The highest BCUT2D eigenvalue weighted by Gasteiger charge is 2.02. The highest BCUT2D eigenvalue weighted by molar-refractivity contribution is 5.36. The number of aliphatic hydroxyl groups is 1. The minimum Gasteiger partial charge on any atom is -0.393 e. The quantitative estimate of drug-likeness (QED) is 0.758. The normalized spacial score (nSPS) is 12.5. The molecule has 0 aliphatic rings. The van der Waals surface area contributed by atoms with E-state index < -0.39 is 0 Å². The number of pyridine rings is 1. The van der Waals surface area contributed by atoms with E-state index in [1.54, 1.807) is 13.1 Å². The highest BCUT2D eigenvalue weighted by atomic mass is 16.3. The molecule has 0 fully saturated rings. The van der Waals surface area contributed by atoms with Gasteiger partial charge in [-0.1, -0.05) is 6.07 Å². The van der Waals surface area contributed by atoms with Crippen LogP contribution in [-0.2, 0) is 0 Å². The van der Waals surface area contributed by atoms with E-state index in [2.05, 4.69) is 4.98 Å². The molecule has 0 radical (unpaired) electrons. The molecule has 1 N–H and O–H groups in total. The van der Waals surface area contributed by atoms with Gasteiger partial charge in [-0.25, -0.2) is 4.98 Å². The summed E-state index contributed by atoms with van der Waals surface area (Å²) in [5.41, 5.74) is 0. The second-order valence-electron chi connectivity index (χ2n) is 3.25. The average Bonchev–Trinajstić information content (AvgIpc) is 2.15. The maximum Gasteiger partial charge on any atom is 0.128 e. The van der Waals surface area contributed by atoms with Gasteiger partial charge in [0.15, 0.2) is 0 Å². The SMILES string of the molecule is CC(O)CCN(C)c1ccccn1. The van der Waals surface area contributed by atoms with Crippen LogP contribution in [0.3, 0.4) is 0 Å². The Morgan fingerprint density at radius 1 is 1.54 bits per heavy atom. The molecular formula is C10H16N2O. The van der Waals surface area contributed by atoms with E-state index in [4.69, 9.17) is 5.11 Å². The number of anilines is 1. The average molecular weight is 180 g/mol. The minimum absolute atomic E-state index is 0.244. The number of aliphatic hydroxyl groups excluding tert-OH is 1. The van der Waals surface area contributed by atoms with Crippen molar-refractivity contribution in [3.05, 3.63) is 24.4 Å². The van der Waals surface area contributed by atoms with E-state index in [0.29, 0.717) is 0 Å². The van der Waals surface area contributed by atoms with E-state index in [0.717, 1.165) is 18.8 Å². The molecule has 3 heteroatoms. The molecule has 1 aromatic heterocycles. The molecule has 0 amide bonds. The van der Waals surface area contributed by atoms with E-state index >= 15 is 0 Å². The van der Waals surface area contributed by atoms with Crippen LogP contribution < -0.4 is 4.90 Å². The zero-order valence-corrected chi connectivity index (χ0v) is 8.14.